The van der Waals surface area contributed by atoms with Crippen LogP contribution in [0.15, 0.2) is 21.9 Å². The van der Waals surface area contributed by atoms with Crippen molar-refractivity contribution in [3.63, 3.8) is 0 Å². The minimum atomic E-state index is -2.69. The Labute approximate surface area is 182 Å². The Morgan fingerprint density at radius 1 is 1.39 bits per heavy atom. The summed E-state index contributed by atoms with van der Waals surface area (Å²) in [5.41, 5.74) is -8.79. The number of H-pyrrole nitrogens is 1. The summed E-state index contributed by atoms with van der Waals surface area (Å²) in [5, 5.41) is 11.3. The molecule has 2 heterocycles. The van der Waals surface area contributed by atoms with Crippen LogP contribution in [0.4, 0.5) is 4.39 Å². The van der Waals surface area contributed by atoms with Crippen LogP contribution < -0.4 is 11.2 Å². The second-order valence-electron chi connectivity index (χ2n) is 10.0. The Balaban J connectivity index is 2.66. The highest BCUT2D eigenvalue weighted by Gasteiger charge is 2.75. The quantitative estimate of drug-likeness (QED) is 0.607. The molecular formula is C21H35FN2O6Si. The van der Waals surface area contributed by atoms with E-state index in [4.69, 9.17) is 9.16 Å². The van der Waals surface area contributed by atoms with Crippen LogP contribution >= 0.6 is 0 Å². The summed E-state index contributed by atoms with van der Waals surface area (Å²) in [4.78, 5) is 38.9. The largest absolute Gasteiger partial charge is 0.414 e. The zero-order chi connectivity index (χ0) is 24.0. The molecule has 8 nitrogen and oxygen atoms in total. The van der Waals surface area contributed by atoms with Crippen molar-refractivity contribution < 1.29 is 23.5 Å². The average Bonchev–Trinajstić information content (AvgIpc) is 2.78. The van der Waals surface area contributed by atoms with Gasteiger partial charge >= 0.3 is 5.69 Å². The number of carbonyl (C=O) groups excluding carboxylic acids is 1. The number of nitrogens with zero attached hydrogens (tertiary/aromatic N) is 1. The number of Topliss-reactive ketones (excluding diaryl/α,β-unsaturated/α-hetero) is 1. The molecule has 2 N–H and O–H groups in total. The van der Waals surface area contributed by atoms with E-state index in [1.807, 2.05) is 33.9 Å². The lowest BCUT2D eigenvalue weighted by Gasteiger charge is -2.41. The lowest BCUT2D eigenvalue weighted by Crippen LogP contribution is -2.65. The van der Waals surface area contributed by atoms with Gasteiger partial charge < -0.3 is 14.3 Å². The van der Waals surface area contributed by atoms with Gasteiger partial charge in [-0.2, -0.15) is 0 Å². The molecule has 1 fully saturated rings. The van der Waals surface area contributed by atoms with Gasteiger partial charge in [0.05, 0.1) is 6.61 Å². The van der Waals surface area contributed by atoms with E-state index in [2.05, 4.69) is 4.98 Å². The number of aromatic amines is 1. The van der Waals surface area contributed by atoms with Gasteiger partial charge in [-0.25, -0.2) is 9.18 Å². The number of halogens is 1. The van der Waals surface area contributed by atoms with Crippen LogP contribution in [0.1, 0.15) is 54.4 Å². The van der Waals surface area contributed by atoms with Crippen molar-refractivity contribution in [1.29, 1.82) is 0 Å². The lowest BCUT2D eigenvalue weighted by atomic mass is 9.74. The highest BCUT2D eigenvalue weighted by Crippen LogP contribution is 2.54. The van der Waals surface area contributed by atoms with Crippen molar-refractivity contribution in [1.82, 2.24) is 9.55 Å². The minimum Gasteiger partial charge on any atom is -0.414 e. The molecule has 0 aromatic carbocycles. The van der Waals surface area contributed by atoms with Crippen molar-refractivity contribution >= 4 is 14.1 Å². The number of ether oxygens (including phenoxy) is 1. The second-order valence-corrected chi connectivity index (χ2v) is 14.8. The summed E-state index contributed by atoms with van der Waals surface area (Å²) in [6, 6.07) is 1.07. The Kier molecular flexibility index (Phi) is 6.66. The molecule has 0 saturated carbocycles. The van der Waals surface area contributed by atoms with E-state index in [-0.39, 0.29) is 18.1 Å². The molecule has 1 aromatic rings. The van der Waals surface area contributed by atoms with E-state index in [0.717, 1.165) is 30.7 Å². The van der Waals surface area contributed by atoms with E-state index in [1.54, 1.807) is 6.92 Å². The molecule has 0 aliphatic carbocycles. The molecule has 4 atom stereocenters. The van der Waals surface area contributed by atoms with Crippen LogP contribution in [0, 0.1) is 0 Å². The van der Waals surface area contributed by atoms with Crippen LogP contribution in [0.2, 0.25) is 18.1 Å². The van der Waals surface area contributed by atoms with Crippen molar-refractivity contribution in [2.75, 3.05) is 6.61 Å². The maximum atomic E-state index is 16.6. The molecule has 0 unspecified atom stereocenters. The fraction of sp³-hybridized carbons (Fsp3) is 0.762. The predicted octanol–water partition coefficient (Wildman–Crippen LogP) is 2.46. The number of alkyl halides is 1. The van der Waals surface area contributed by atoms with Crippen molar-refractivity contribution in [3.8, 4) is 0 Å². The highest BCUT2D eigenvalue weighted by molar-refractivity contribution is 6.74. The number of aromatic nitrogens is 2. The number of hydrogen-bond donors (Lipinski definition) is 2. The normalized spacial score (nSPS) is 31.7. The third-order valence-corrected chi connectivity index (χ3v) is 11.5. The summed E-state index contributed by atoms with van der Waals surface area (Å²) < 4.78 is 29.8. The first-order chi connectivity index (χ1) is 14.0. The van der Waals surface area contributed by atoms with Crippen LogP contribution in [0.3, 0.4) is 0 Å². The molecule has 1 aromatic heterocycles. The molecule has 2 rings (SSSR count). The first-order valence-electron chi connectivity index (χ1n) is 10.5. The van der Waals surface area contributed by atoms with Gasteiger partial charge in [-0.15, -0.1) is 0 Å². The smallest absolute Gasteiger partial charge is 0.330 e. The lowest BCUT2D eigenvalue weighted by molar-refractivity contribution is -0.173. The molecule has 1 aliphatic rings. The Morgan fingerprint density at radius 2 is 1.97 bits per heavy atom. The van der Waals surface area contributed by atoms with E-state index in [0.29, 0.717) is 6.42 Å². The van der Waals surface area contributed by atoms with Gasteiger partial charge in [-0.3, -0.25) is 19.1 Å². The molecule has 1 aliphatic heterocycles. The molecule has 10 heteroatoms. The van der Waals surface area contributed by atoms with E-state index < -0.39 is 48.4 Å². The Morgan fingerprint density at radius 3 is 2.42 bits per heavy atom. The van der Waals surface area contributed by atoms with Crippen LogP contribution in [0.25, 0.3) is 0 Å². The minimum absolute atomic E-state index is 0.0157. The summed E-state index contributed by atoms with van der Waals surface area (Å²) in [5.74, 6) is -0.822. The molecule has 0 radical (unpaired) electrons. The first kappa shape index (κ1) is 25.6. The van der Waals surface area contributed by atoms with E-state index in [9.17, 15) is 19.5 Å². The third-order valence-electron chi connectivity index (χ3n) is 6.99. The third kappa shape index (κ3) is 3.88. The van der Waals surface area contributed by atoms with Crippen LogP contribution in [-0.4, -0.2) is 52.7 Å². The Hall–Kier alpha value is -1.62. The van der Waals surface area contributed by atoms with Gasteiger partial charge in [-0.1, -0.05) is 34.1 Å². The Bertz CT molecular complexity index is 950. The molecule has 1 saturated heterocycles. The zero-order valence-corrected chi connectivity index (χ0v) is 20.7. The van der Waals surface area contributed by atoms with Gasteiger partial charge in [0.15, 0.2) is 31.1 Å². The van der Waals surface area contributed by atoms with E-state index in [1.165, 1.54) is 0 Å². The summed E-state index contributed by atoms with van der Waals surface area (Å²) in [7, 11) is -2.32. The van der Waals surface area contributed by atoms with Gasteiger partial charge in [0.25, 0.3) is 5.56 Å². The van der Waals surface area contributed by atoms with Gasteiger partial charge in [-0.05, 0) is 38.4 Å². The average molecular weight is 459 g/mol. The van der Waals surface area contributed by atoms with Crippen molar-refractivity contribution in [2.45, 2.75) is 95.6 Å². The summed E-state index contributed by atoms with van der Waals surface area (Å²) in [6.45, 7) is 13.8. The highest BCUT2D eigenvalue weighted by atomic mass is 28.4. The van der Waals surface area contributed by atoms with Crippen LogP contribution in [-0.2, 0) is 19.7 Å². The number of hydrogen-bond acceptors (Lipinski definition) is 6. The second kappa shape index (κ2) is 8.06. The topological polar surface area (TPSA) is 111 Å². The summed E-state index contributed by atoms with van der Waals surface area (Å²) >= 11 is 0. The van der Waals surface area contributed by atoms with Crippen molar-refractivity contribution in [3.05, 3.63) is 33.1 Å². The molecule has 31 heavy (non-hydrogen) atoms. The van der Waals surface area contributed by atoms with Gasteiger partial charge in [0.1, 0.15) is 6.10 Å². The zero-order valence-electron chi connectivity index (χ0n) is 19.7. The van der Waals surface area contributed by atoms with Crippen LogP contribution in [0.5, 0.6) is 0 Å². The fourth-order valence-electron chi connectivity index (χ4n) is 3.98. The standard InChI is InChI=1S/C21H35FN2O6Si/c1-9-11-20(24-12-10-16(26)23-17(24)27)19(6,22)21(28,14(2)25)15(30-20)13-29-31(7,8)18(3,4)5/h10,12,15,28H,9,11,13H2,1-8H3,(H,23,26,27)/t15-,19+,20-,21-/m1/s1. The predicted molar refractivity (Wildman–Crippen MR) is 117 cm³/mol. The number of ketones is 1. The fourth-order valence-corrected chi connectivity index (χ4v) is 4.98. The number of carbonyl (C=O) groups is 1. The number of nitrogens with one attached hydrogen (secondary N) is 1. The number of rotatable bonds is 7. The van der Waals surface area contributed by atoms with E-state index >= 15 is 4.39 Å². The monoisotopic (exact) mass is 458 g/mol. The maximum absolute atomic E-state index is 16.6. The molecular weight excluding hydrogens is 423 g/mol. The molecule has 0 spiro atoms. The summed E-state index contributed by atoms with van der Waals surface area (Å²) in [6.07, 6.45) is 0.152. The molecule has 0 bridgehead atoms. The SMILES string of the molecule is CCC[C@@]1(n2ccc(=O)[nH]c2=O)O[C@H](CO[Si](C)(C)C(C)(C)C)[C@](O)(C(C)=O)[C@@]1(C)F. The van der Waals surface area contributed by atoms with Gasteiger partial charge in [0.2, 0.25) is 0 Å². The molecule has 0 amide bonds. The number of aliphatic hydroxyl groups is 1. The molecule has 176 valence electrons. The van der Waals surface area contributed by atoms with Gasteiger partial charge in [0, 0.05) is 12.3 Å². The van der Waals surface area contributed by atoms with Crippen molar-refractivity contribution in [2.24, 2.45) is 0 Å². The first-order valence-corrected chi connectivity index (χ1v) is 13.5. The maximum Gasteiger partial charge on any atom is 0.330 e.